The van der Waals surface area contributed by atoms with Gasteiger partial charge in [0.15, 0.2) is 5.69 Å². The normalized spacial score (nSPS) is 11.4. The van der Waals surface area contributed by atoms with E-state index in [0.717, 1.165) is 4.31 Å². The predicted molar refractivity (Wildman–Crippen MR) is 69.3 cm³/mol. The smallest absolute Gasteiger partial charge is 0.358 e. The minimum atomic E-state index is -3.25. The van der Waals surface area contributed by atoms with Gasteiger partial charge in [-0.25, -0.2) is 27.5 Å². The molecule has 0 aromatic carbocycles. The van der Waals surface area contributed by atoms with Gasteiger partial charge in [-0.2, -0.15) is 0 Å². The third-order valence-corrected chi connectivity index (χ3v) is 4.10. The van der Waals surface area contributed by atoms with Crippen LogP contribution < -0.4 is 5.32 Å². The van der Waals surface area contributed by atoms with Crippen LogP contribution in [0.15, 0.2) is 12.4 Å². The van der Waals surface area contributed by atoms with E-state index in [1.165, 1.54) is 33.6 Å². The van der Waals surface area contributed by atoms with Gasteiger partial charge in [0.2, 0.25) is 10.0 Å². The molecule has 0 amide bonds. The molecule has 19 heavy (non-hydrogen) atoms. The molecule has 0 spiro atoms. The fraction of sp³-hybridized carbons (Fsp3) is 0.500. The highest BCUT2D eigenvalue weighted by Crippen LogP contribution is 2.02. The van der Waals surface area contributed by atoms with Gasteiger partial charge in [-0.1, -0.05) is 0 Å². The largest absolute Gasteiger partial charge is 0.464 e. The van der Waals surface area contributed by atoms with Crippen LogP contribution in [0.1, 0.15) is 10.5 Å². The molecule has 1 N–H and O–H groups in total. The van der Waals surface area contributed by atoms with Crippen molar-refractivity contribution < 1.29 is 17.9 Å². The van der Waals surface area contributed by atoms with E-state index in [0.29, 0.717) is 5.82 Å². The van der Waals surface area contributed by atoms with Crippen molar-refractivity contribution in [2.24, 2.45) is 0 Å². The Hall–Kier alpha value is -1.74. The number of methoxy groups -OCH3 is 1. The Morgan fingerprint density at radius 1 is 1.37 bits per heavy atom. The SMILES string of the molecule is COC(=O)c1cnc(NCCS(=O)(=O)N(C)C)cn1. The van der Waals surface area contributed by atoms with Crippen LogP contribution in [0.5, 0.6) is 0 Å². The molecule has 106 valence electrons. The van der Waals surface area contributed by atoms with Crippen molar-refractivity contribution in [1.82, 2.24) is 14.3 Å². The summed E-state index contributed by atoms with van der Waals surface area (Å²) in [4.78, 5) is 18.9. The van der Waals surface area contributed by atoms with Crippen LogP contribution in [0.2, 0.25) is 0 Å². The summed E-state index contributed by atoms with van der Waals surface area (Å²) in [5, 5.41) is 2.81. The summed E-state index contributed by atoms with van der Waals surface area (Å²) < 4.78 is 28.6. The van der Waals surface area contributed by atoms with Gasteiger partial charge < -0.3 is 10.1 Å². The Kier molecular flexibility index (Phi) is 5.19. The summed E-state index contributed by atoms with van der Waals surface area (Å²) in [6.45, 7) is 0.201. The fourth-order valence-corrected chi connectivity index (χ4v) is 1.85. The summed E-state index contributed by atoms with van der Waals surface area (Å²) >= 11 is 0. The van der Waals surface area contributed by atoms with E-state index in [2.05, 4.69) is 20.0 Å². The zero-order chi connectivity index (χ0) is 14.5. The number of hydrogen-bond donors (Lipinski definition) is 1. The number of sulfonamides is 1. The van der Waals surface area contributed by atoms with Crippen molar-refractivity contribution in [3.05, 3.63) is 18.1 Å². The first-order chi connectivity index (χ1) is 8.86. The van der Waals surface area contributed by atoms with Gasteiger partial charge in [-0.3, -0.25) is 0 Å². The van der Waals surface area contributed by atoms with E-state index < -0.39 is 16.0 Å². The molecule has 1 aromatic rings. The second-order valence-electron chi connectivity index (χ2n) is 3.80. The average Bonchev–Trinajstić information content (AvgIpc) is 2.38. The Morgan fingerprint density at radius 2 is 2.05 bits per heavy atom. The molecule has 1 aromatic heterocycles. The van der Waals surface area contributed by atoms with Crippen LogP contribution in [0.25, 0.3) is 0 Å². The van der Waals surface area contributed by atoms with E-state index >= 15 is 0 Å². The number of nitrogens with zero attached hydrogens (tertiary/aromatic N) is 3. The number of ether oxygens (including phenoxy) is 1. The molecule has 0 aliphatic carbocycles. The molecule has 0 atom stereocenters. The highest BCUT2D eigenvalue weighted by atomic mass is 32.2. The molecular formula is C10H16N4O4S. The molecule has 0 saturated heterocycles. The Bertz CT molecular complexity index is 527. The zero-order valence-corrected chi connectivity index (χ0v) is 11.8. The van der Waals surface area contributed by atoms with Crippen molar-refractivity contribution in [1.29, 1.82) is 0 Å². The molecular weight excluding hydrogens is 272 g/mol. The third-order valence-electron chi connectivity index (χ3n) is 2.27. The van der Waals surface area contributed by atoms with E-state index in [1.807, 2.05) is 0 Å². The number of hydrogen-bond acceptors (Lipinski definition) is 7. The molecule has 9 heteroatoms. The number of rotatable bonds is 6. The van der Waals surface area contributed by atoms with Gasteiger partial charge in [-0.15, -0.1) is 0 Å². The van der Waals surface area contributed by atoms with Gasteiger partial charge >= 0.3 is 5.97 Å². The monoisotopic (exact) mass is 288 g/mol. The summed E-state index contributed by atoms with van der Waals surface area (Å²) in [5.41, 5.74) is 0.0916. The topological polar surface area (TPSA) is 101 Å². The Balaban J connectivity index is 2.54. The van der Waals surface area contributed by atoms with Crippen LogP contribution in [0.3, 0.4) is 0 Å². The molecule has 0 radical (unpaired) electrons. The summed E-state index contributed by atoms with van der Waals surface area (Å²) in [6.07, 6.45) is 2.60. The lowest BCUT2D eigenvalue weighted by atomic mass is 10.4. The summed E-state index contributed by atoms with van der Waals surface area (Å²) in [7, 11) is 0.952. The summed E-state index contributed by atoms with van der Waals surface area (Å²) in [6, 6.07) is 0. The Labute approximate surface area is 111 Å². The maximum Gasteiger partial charge on any atom is 0.358 e. The minimum Gasteiger partial charge on any atom is -0.464 e. The number of esters is 1. The minimum absolute atomic E-state index is 0.0551. The number of aromatic nitrogens is 2. The zero-order valence-electron chi connectivity index (χ0n) is 11.0. The summed E-state index contributed by atoms with van der Waals surface area (Å²) in [5.74, 6) is -0.240. The first kappa shape index (κ1) is 15.3. The molecule has 0 aliphatic heterocycles. The molecule has 0 unspecified atom stereocenters. The quantitative estimate of drug-likeness (QED) is 0.708. The van der Waals surface area contributed by atoms with Gasteiger partial charge in [0.1, 0.15) is 5.82 Å². The molecule has 0 bridgehead atoms. The second-order valence-corrected chi connectivity index (χ2v) is 6.11. The van der Waals surface area contributed by atoms with Crippen LogP contribution in [0.4, 0.5) is 5.82 Å². The van der Waals surface area contributed by atoms with Gasteiger partial charge in [0, 0.05) is 20.6 Å². The lowest BCUT2D eigenvalue weighted by Crippen LogP contribution is -2.28. The maximum atomic E-state index is 11.5. The molecule has 0 aliphatic rings. The van der Waals surface area contributed by atoms with E-state index in [-0.39, 0.29) is 18.0 Å². The second kappa shape index (κ2) is 6.43. The maximum absolute atomic E-state index is 11.5. The standard InChI is InChI=1S/C10H16N4O4S/c1-14(2)19(16,17)5-4-11-9-7-12-8(6-13-9)10(15)18-3/h6-7H,4-5H2,1-3H3,(H,11,13). The lowest BCUT2D eigenvalue weighted by Gasteiger charge is -2.11. The average molecular weight is 288 g/mol. The number of carbonyl (C=O) groups excluding carboxylic acids is 1. The van der Waals surface area contributed by atoms with Gasteiger partial charge in [0.05, 0.1) is 25.3 Å². The highest BCUT2D eigenvalue weighted by Gasteiger charge is 2.13. The van der Waals surface area contributed by atoms with E-state index in [9.17, 15) is 13.2 Å². The molecule has 1 heterocycles. The number of anilines is 1. The van der Waals surface area contributed by atoms with E-state index in [4.69, 9.17) is 0 Å². The van der Waals surface area contributed by atoms with Crippen LogP contribution in [-0.4, -0.2) is 62.2 Å². The first-order valence-electron chi connectivity index (χ1n) is 5.41. The lowest BCUT2D eigenvalue weighted by molar-refractivity contribution is 0.0593. The van der Waals surface area contributed by atoms with E-state index in [1.54, 1.807) is 0 Å². The third kappa shape index (κ3) is 4.45. The Morgan fingerprint density at radius 3 is 2.53 bits per heavy atom. The fourth-order valence-electron chi connectivity index (χ4n) is 1.12. The van der Waals surface area contributed by atoms with Crippen molar-refractivity contribution >= 4 is 21.8 Å². The molecule has 0 fully saturated rings. The van der Waals surface area contributed by atoms with Crippen molar-refractivity contribution in [2.45, 2.75) is 0 Å². The van der Waals surface area contributed by atoms with Crippen LogP contribution >= 0.6 is 0 Å². The van der Waals surface area contributed by atoms with Crippen molar-refractivity contribution in [2.75, 3.05) is 38.8 Å². The van der Waals surface area contributed by atoms with Crippen molar-refractivity contribution in [3.63, 3.8) is 0 Å². The number of nitrogens with one attached hydrogen (secondary N) is 1. The van der Waals surface area contributed by atoms with Crippen LogP contribution in [0, 0.1) is 0 Å². The molecule has 8 nitrogen and oxygen atoms in total. The molecule has 0 saturated carbocycles. The van der Waals surface area contributed by atoms with Gasteiger partial charge in [-0.05, 0) is 0 Å². The number of carbonyl (C=O) groups is 1. The first-order valence-corrected chi connectivity index (χ1v) is 7.02. The highest BCUT2D eigenvalue weighted by molar-refractivity contribution is 7.89. The van der Waals surface area contributed by atoms with Gasteiger partial charge in [0.25, 0.3) is 0 Å². The van der Waals surface area contributed by atoms with Crippen LogP contribution in [-0.2, 0) is 14.8 Å². The predicted octanol–water partition coefficient (Wildman–Crippen LogP) is -0.433. The van der Waals surface area contributed by atoms with Crippen molar-refractivity contribution in [3.8, 4) is 0 Å². The molecule has 1 rings (SSSR count).